The predicted molar refractivity (Wildman–Crippen MR) is 90.7 cm³/mol. The van der Waals surface area contributed by atoms with Gasteiger partial charge in [-0.25, -0.2) is 0 Å². The van der Waals surface area contributed by atoms with Gasteiger partial charge in [0.25, 0.3) is 0 Å². The molecule has 2 N–H and O–H groups in total. The van der Waals surface area contributed by atoms with E-state index in [0.29, 0.717) is 5.75 Å². The number of amides is 1. The molecular formula is C16H15IN2O2. The molecule has 108 valence electrons. The van der Waals surface area contributed by atoms with E-state index in [0.717, 1.165) is 27.1 Å². The number of nitrogens with one attached hydrogen (secondary N) is 2. The lowest BCUT2D eigenvalue weighted by Crippen LogP contribution is -2.27. The van der Waals surface area contributed by atoms with Crippen molar-refractivity contribution in [3.63, 3.8) is 0 Å². The molecule has 0 aromatic heterocycles. The summed E-state index contributed by atoms with van der Waals surface area (Å²) in [4.78, 5) is 11.9. The van der Waals surface area contributed by atoms with Gasteiger partial charge in [-0.1, -0.05) is 13.0 Å². The fourth-order valence-electron chi connectivity index (χ4n) is 2.35. The lowest BCUT2D eigenvalue weighted by atomic mass is 10.1. The van der Waals surface area contributed by atoms with Crippen LogP contribution in [0.25, 0.3) is 0 Å². The van der Waals surface area contributed by atoms with Gasteiger partial charge in [-0.15, -0.1) is 0 Å². The van der Waals surface area contributed by atoms with Crippen LogP contribution in [0.15, 0.2) is 42.5 Å². The van der Waals surface area contributed by atoms with Crippen molar-refractivity contribution in [2.75, 3.05) is 11.9 Å². The third kappa shape index (κ3) is 3.03. The molecule has 2 aromatic rings. The van der Waals surface area contributed by atoms with Crippen LogP contribution >= 0.6 is 22.6 Å². The normalized spacial score (nSPS) is 16.5. The topological polar surface area (TPSA) is 50.4 Å². The second-order valence-electron chi connectivity index (χ2n) is 4.78. The number of carbonyl (C=O) groups excluding carboxylic acids is 1. The number of hydrogen-bond donors (Lipinski definition) is 2. The Bertz CT molecular complexity index is 670. The summed E-state index contributed by atoms with van der Waals surface area (Å²) >= 11 is 2.25. The second kappa shape index (κ2) is 6.03. The Morgan fingerprint density at radius 1 is 1.19 bits per heavy atom. The van der Waals surface area contributed by atoms with Gasteiger partial charge in [-0.3, -0.25) is 4.79 Å². The molecule has 0 radical (unpaired) electrons. The summed E-state index contributed by atoms with van der Waals surface area (Å²) in [7, 11) is 0. The van der Waals surface area contributed by atoms with Crippen LogP contribution in [-0.2, 0) is 4.79 Å². The number of anilines is 1. The van der Waals surface area contributed by atoms with Crippen LogP contribution in [0.1, 0.15) is 18.5 Å². The van der Waals surface area contributed by atoms with Gasteiger partial charge in [0.2, 0.25) is 5.91 Å². The highest BCUT2D eigenvalue weighted by molar-refractivity contribution is 14.1. The molecule has 1 heterocycles. The third-order valence-electron chi connectivity index (χ3n) is 3.31. The van der Waals surface area contributed by atoms with Gasteiger partial charge in [0.1, 0.15) is 17.5 Å². The van der Waals surface area contributed by atoms with Crippen molar-refractivity contribution in [3.05, 3.63) is 51.6 Å². The zero-order chi connectivity index (χ0) is 14.8. The molecule has 1 aliphatic heterocycles. The first-order valence-electron chi connectivity index (χ1n) is 6.79. The van der Waals surface area contributed by atoms with Crippen LogP contribution in [0.5, 0.6) is 11.5 Å². The highest BCUT2D eigenvalue weighted by atomic mass is 127. The lowest BCUT2D eigenvalue weighted by molar-refractivity contribution is -0.117. The van der Waals surface area contributed by atoms with Crippen LogP contribution < -0.4 is 15.4 Å². The number of fused-ring (bicyclic) bond motifs is 1. The Morgan fingerprint density at radius 2 is 1.90 bits per heavy atom. The van der Waals surface area contributed by atoms with Gasteiger partial charge >= 0.3 is 0 Å². The van der Waals surface area contributed by atoms with E-state index in [9.17, 15) is 4.79 Å². The average Bonchev–Trinajstić information content (AvgIpc) is 2.78. The summed E-state index contributed by atoms with van der Waals surface area (Å²) < 4.78 is 6.98. The fraction of sp³-hybridized carbons (Fsp3) is 0.188. The van der Waals surface area contributed by atoms with Crippen LogP contribution in [0.2, 0.25) is 0 Å². The van der Waals surface area contributed by atoms with E-state index in [4.69, 9.17) is 4.74 Å². The number of carbonyl (C=O) groups is 1. The summed E-state index contributed by atoms with van der Waals surface area (Å²) in [6, 6.07) is 13.3. The summed E-state index contributed by atoms with van der Waals surface area (Å²) in [5.41, 5.74) is 1.78. The van der Waals surface area contributed by atoms with E-state index in [1.54, 1.807) is 0 Å². The number of ether oxygens (including phenoxy) is 1. The molecule has 0 fully saturated rings. The number of halogens is 1. The first-order chi connectivity index (χ1) is 10.2. The first-order valence-corrected chi connectivity index (χ1v) is 7.87. The molecule has 1 aliphatic rings. The monoisotopic (exact) mass is 394 g/mol. The quantitative estimate of drug-likeness (QED) is 0.778. The van der Waals surface area contributed by atoms with Gasteiger partial charge < -0.3 is 15.4 Å². The Morgan fingerprint density at radius 3 is 2.62 bits per heavy atom. The van der Waals surface area contributed by atoms with Crippen molar-refractivity contribution >= 4 is 34.2 Å². The van der Waals surface area contributed by atoms with Gasteiger partial charge in [0, 0.05) is 20.9 Å². The SMILES string of the molecule is CCNC1C(=O)Nc2cc(Oc3ccc(I)cc3)ccc21. The van der Waals surface area contributed by atoms with Crippen LogP contribution in [0.4, 0.5) is 5.69 Å². The number of benzene rings is 2. The molecule has 0 aliphatic carbocycles. The average molecular weight is 394 g/mol. The fourth-order valence-corrected chi connectivity index (χ4v) is 2.71. The molecule has 0 saturated carbocycles. The second-order valence-corrected chi connectivity index (χ2v) is 6.03. The maximum Gasteiger partial charge on any atom is 0.246 e. The predicted octanol–water partition coefficient (Wildman–Crippen LogP) is 3.69. The van der Waals surface area contributed by atoms with Crippen molar-refractivity contribution in [1.82, 2.24) is 5.32 Å². The van der Waals surface area contributed by atoms with E-state index in [2.05, 4.69) is 33.2 Å². The maximum atomic E-state index is 11.9. The van der Waals surface area contributed by atoms with Crippen molar-refractivity contribution in [1.29, 1.82) is 0 Å². The number of rotatable bonds is 4. The molecule has 3 rings (SSSR count). The smallest absolute Gasteiger partial charge is 0.246 e. The zero-order valence-corrected chi connectivity index (χ0v) is 13.7. The molecule has 0 spiro atoms. The van der Waals surface area contributed by atoms with Gasteiger partial charge in [0.15, 0.2) is 0 Å². The maximum absolute atomic E-state index is 11.9. The molecule has 0 bridgehead atoms. The Kier molecular flexibility index (Phi) is 4.12. The standard InChI is InChI=1S/C16H15IN2O2/c1-2-18-15-13-8-7-12(9-14(13)19-16(15)20)21-11-5-3-10(17)4-6-11/h3-9,15,18H,2H2,1H3,(H,19,20). The summed E-state index contributed by atoms with van der Waals surface area (Å²) in [5, 5.41) is 6.06. The summed E-state index contributed by atoms with van der Waals surface area (Å²) in [5.74, 6) is 1.48. The number of hydrogen-bond acceptors (Lipinski definition) is 3. The first kappa shape index (κ1) is 14.3. The molecule has 1 atom stereocenters. The van der Waals surface area contributed by atoms with E-state index in [1.165, 1.54) is 0 Å². The van der Waals surface area contributed by atoms with Crippen LogP contribution in [-0.4, -0.2) is 12.5 Å². The minimum absolute atomic E-state index is 0.0155. The van der Waals surface area contributed by atoms with E-state index < -0.39 is 0 Å². The lowest BCUT2D eigenvalue weighted by Gasteiger charge is -2.10. The number of likely N-dealkylation sites (N-methyl/N-ethyl adjacent to an activating group) is 1. The van der Waals surface area contributed by atoms with Gasteiger partial charge in [0.05, 0.1) is 0 Å². The Hall–Kier alpha value is -1.60. The minimum atomic E-state index is -0.266. The van der Waals surface area contributed by atoms with Crippen molar-refractivity contribution in [2.24, 2.45) is 0 Å². The minimum Gasteiger partial charge on any atom is -0.457 e. The van der Waals surface area contributed by atoms with Crippen molar-refractivity contribution in [3.8, 4) is 11.5 Å². The van der Waals surface area contributed by atoms with E-state index in [-0.39, 0.29) is 11.9 Å². The van der Waals surface area contributed by atoms with Gasteiger partial charge in [-0.05, 0) is 59.5 Å². The molecule has 5 heteroatoms. The largest absolute Gasteiger partial charge is 0.457 e. The molecule has 1 unspecified atom stereocenters. The molecule has 0 saturated heterocycles. The molecule has 21 heavy (non-hydrogen) atoms. The molecule has 1 amide bonds. The van der Waals surface area contributed by atoms with Crippen molar-refractivity contribution in [2.45, 2.75) is 13.0 Å². The Labute approximate surface area is 137 Å². The third-order valence-corrected chi connectivity index (χ3v) is 4.03. The van der Waals surface area contributed by atoms with Crippen molar-refractivity contribution < 1.29 is 9.53 Å². The molecule has 4 nitrogen and oxygen atoms in total. The molecule has 2 aromatic carbocycles. The summed E-state index contributed by atoms with van der Waals surface area (Å²) in [6.07, 6.45) is 0. The van der Waals surface area contributed by atoms with Gasteiger partial charge in [-0.2, -0.15) is 0 Å². The van der Waals surface area contributed by atoms with E-state index >= 15 is 0 Å². The van der Waals surface area contributed by atoms with Crippen LogP contribution in [0.3, 0.4) is 0 Å². The summed E-state index contributed by atoms with van der Waals surface area (Å²) in [6.45, 7) is 2.73. The molecular weight excluding hydrogens is 379 g/mol. The zero-order valence-electron chi connectivity index (χ0n) is 11.5. The Balaban J connectivity index is 1.82. The highest BCUT2D eigenvalue weighted by Crippen LogP contribution is 2.35. The highest BCUT2D eigenvalue weighted by Gasteiger charge is 2.29. The van der Waals surface area contributed by atoms with Crippen LogP contribution in [0, 0.1) is 3.57 Å². The van der Waals surface area contributed by atoms with E-state index in [1.807, 2.05) is 49.4 Å².